The number of aromatic nitrogens is 1. The van der Waals surface area contributed by atoms with E-state index >= 15 is 0 Å². The Morgan fingerprint density at radius 3 is 3.14 bits per heavy atom. The number of aliphatic hydroxyl groups excluding tert-OH is 1. The first kappa shape index (κ1) is 11.0. The molecule has 0 aliphatic heterocycles. The Morgan fingerprint density at radius 1 is 1.57 bits per heavy atom. The Balaban J connectivity index is 2.39. The number of aliphatic hydroxyl groups is 1. The van der Waals surface area contributed by atoms with Crippen LogP contribution in [0.4, 0.5) is 0 Å². The molecule has 0 atom stereocenters. The van der Waals surface area contributed by atoms with E-state index in [1.165, 1.54) is 0 Å². The molecule has 0 unspecified atom stereocenters. The Hall–Kier alpha value is -1.05. The molecule has 0 aromatic carbocycles. The molecule has 0 saturated carbocycles. The molecule has 1 aromatic heterocycles. The molecule has 1 N–H and O–H groups in total. The van der Waals surface area contributed by atoms with Crippen molar-refractivity contribution in [3.05, 3.63) is 29.6 Å². The molecule has 0 aliphatic rings. The summed E-state index contributed by atoms with van der Waals surface area (Å²) in [5.41, 5.74) is 1.57. The van der Waals surface area contributed by atoms with Crippen LogP contribution in [0.5, 0.6) is 0 Å². The highest BCUT2D eigenvalue weighted by molar-refractivity contribution is 7.98. The summed E-state index contributed by atoms with van der Waals surface area (Å²) in [6.45, 7) is 0.243. The standard InChI is InChI=1S/C10H12N2OS/c11-7-10-6-9(2-3-12-10)8-14-5-1-4-13/h2-3,6,13H,1,4-5,8H2. The molecule has 1 heterocycles. The summed E-state index contributed by atoms with van der Waals surface area (Å²) in [6, 6.07) is 5.72. The first-order valence-electron chi connectivity index (χ1n) is 4.40. The summed E-state index contributed by atoms with van der Waals surface area (Å²) < 4.78 is 0. The maximum atomic E-state index is 8.62. The summed E-state index contributed by atoms with van der Waals surface area (Å²) in [5.74, 6) is 1.82. The van der Waals surface area contributed by atoms with Crippen LogP contribution in [-0.4, -0.2) is 22.5 Å². The van der Waals surface area contributed by atoms with Crippen LogP contribution in [0.25, 0.3) is 0 Å². The van der Waals surface area contributed by atoms with Gasteiger partial charge in [-0.3, -0.25) is 0 Å². The summed E-state index contributed by atoms with van der Waals surface area (Å²) in [5, 5.41) is 17.2. The third-order valence-electron chi connectivity index (χ3n) is 1.65. The largest absolute Gasteiger partial charge is 0.396 e. The third kappa shape index (κ3) is 3.77. The number of hydrogen-bond donors (Lipinski definition) is 1. The summed E-state index contributed by atoms with van der Waals surface area (Å²) >= 11 is 1.75. The van der Waals surface area contributed by atoms with Gasteiger partial charge in [0.05, 0.1) is 0 Å². The fourth-order valence-corrected chi connectivity index (χ4v) is 1.87. The summed E-state index contributed by atoms with van der Waals surface area (Å²) in [4.78, 5) is 3.89. The second kappa shape index (κ2) is 6.41. The van der Waals surface area contributed by atoms with E-state index in [1.54, 1.807) is 24.0 Å². The minimum Gasteiger partial charge on any atom is -0.396 e. The molecule has 0 fully saturated rings. The Morgan fingerprint density at radius 2 is 2.43 bits per heavy atom. The van der Waals surface area contributed by atoms with Gasteiger partial charge >= 0.3 is 0 Å². The van der Waals surface area contributed by atoms with Gasteiger partial charge in [0, 0.05) is 18.6 Å². The number of pyridine rings is 1. The zero-order valence-corrected chi connectivity index (χ0v) is 8.63. The Bertz CT molecular complexity index is 322. The van der Waals surface area contributed by atoms with Gasteiger partial charge in [-0.15, -0.1) is 0 Å². The summed E-state index contributed by atoms with van der Waals surface area (Å²) in [7, 11) is 0. The SMILES string of the molecule is N#Cc1cc(CSCCCO)ccn1. The lowest BCUT2D eigenvalue weighted by molar-refractivity contribution is 0.296. The normalized spacial score (nSPS) is 9.71. The maximum absolute atomic E-state index is 8.62. The molecule has 0 bridgehead atoms. The quantitative estimate of drug-likeness (QED) is 0.746. The summed E-state index contributed by atoms with van der Waals surface area (Å²) in [6.07, 6.45) is 2.47. The Labute approximate surface area is 87.8 Å². The van der Waals surface area contributed by atoms with Crippen LogP contribution in [0.3, 0.4) is 0 Å². The minimum atomic E-state index is 0.243. The van der Waals surface area contributed by atoms with Crippen LogP contribution < -0.4 is 0 Å². The fraction of sp³-hybridized carbons (Fsp3) is 0.400. The smallest absolute Gasteiger partial charge is 0.140 e. The molecule has 1 rings (SSSR count). The van der Waals surface area contributed by atoms with Crippen LogP contribution in [0.1, 0.15) is 17.7 Å². The van der Waals surface area contributed by atoms with Gasteiger partial charge < -0.3 is 5.11 Å². The molecular weight excluding hydrogens is 196 g/mol. The molecule has 14 heavy (non-hydrogen) atoms. The average molecular weight is 208 g/mol. The van der Waals surface area contributed by atoms with E-state index in [-0.39, 0.29) is 6.61 Å². The van der Waals surface area contributed by atoms with Crippen molar-refractivity contribution in [3.8, 4) is 6.07 Å². The van der Waals surface area contributed by atoms with Crippen molar-refractivity contribution < 1.29 is 5.11 Å². The van der Waals surface area contributed by atoms with E-state index in [0.29, 0.717) is 5.69 Å². The van der Waals surface area contributed by atoms with Crippen LogP contribution in [-0.2, 0) is 5.75 Å². The van der Waals surface area contributed by atoms with E-state index < -0.39 is 0 Å². The first-order chi connectivity index (χ1) is 6.86. The first-order valence-corrected chi connectivity index (χ1v) is 5.56. The van der Waals surface area contributed by atoms with Crippen molar-refractivity contribution in [2.75, 3.05) is 12.4 Å². The van der Waals surface area contributed by atoms with Gasteiger partial charge in [0.25, 0.3) is 0 Å². The van der Waals surface area contributed by atoms with Crippen molar-refractivity contribution in [2.45, 2.75) is 12.2 Å². The second-order valence-corrected chi connectivity index (χ2v) is 3.90. The van der Waals surface area contributed by atoms with Crippen molar-refractivity contribution in [2.24, 2.45) is 0 Å². The van der Waals surface area contributed by atoms with Crippen LogP contribution in [0.15, 0.2) is 18.3 Å². The van der Waals surface area contributed by atoms with Crippen molar-refractivity contribution in [3.63, 3.8) is 0 Å². The second-order valence-electron chi connectivity index (χ2n) is 2.79. The lowest BCUT2D eigenvalue weighted by Crippen LogP contribution is -1.89. The zero-order valence-electron chi connectivity index (χ0n) is 7.81. The lowest BCUT2D eigenvalue weighted by Gasteiger charge is -2.00. The van der Waals surface area contributed by atoms with Crippen LogP contribution in [0, 0.1) is 11.3 Å². The fourth-order valence-electron chi connectivity index (χ4n) is 0.982. The number of hydrogen-bond acceptors (Lipinski definition) is 4. The zero-order chi connectivity index (χ0) is 10.2. The van der Waals surface area contributed by atoms with E-state index in [1.807, 2.05) is 12.1 Å². The monoisotopic (exact) mass is 208 g/mol. The molecule has 0 aliphatic carbocycles. The topological polar surface area (TPSA) is 56.9 Å². The highest BCUT2D eigenvalue weighted by atomic mass is 32.2. The molecular formula is C10H12N2OS. The number of nitrogens with zero attached hydrogens (tertiary/aromatic N) is 2. The number of thioether (sulfide) groups is 1. The molecule has 1 aromatic rings. The van der Waals surface area contributed by atoms with Gasteiger partial charge in [0.1, 0.15) is 11.8 Å². The van der Waals surface area contributed by atoms with Gasteiger partial charge in [-0.05, 0) is 29.9 Å². The van der Waals surface area contributed by atoms with Crippen molar-refractivity contribution in [1.82, 2.24) is 4.98 Å². The van der Waals surface area contributed by atoms with E-state index in [2.05, 4.69) is 4.98 Å². The van der Waals surface area contributed by atoms with Gasteiger partial charge in [-0.25, -0.2) is 4.98 Å². The molecule has 0 saturated heterocycles. The molecule has 0 amide bonds. The highest BCUT2D eigenvalue weighted by Crippen LogP contribution is 2.12. The van der Waals surface area contributed by atoms with Crippen molar-refractivity contribution in [1.29, 1.82) is 5.26 Å². The average Bonchev–Trinajstić information content (AvgIpc) is 2.25. The minimum absolute atomic E-state index is 0.243. The van der Waals surface area contributed by atoms with Crippen molar-refractivity contribution >= 4 is 11.8 Å². The maximum Gasteiger partial charge on any atom is 0.140 e. The molecule has 0 spiro atoms. The van der Waals surface area contributed by atoms with E-state index in [4.69, 9.17) is 10.4 Å². The van der Waals surface area contributed by atoms with Gasteiger partial charge in [0.15, 0.2) is 0 Å². The lowest BCUT2D eigenvalue weighted by atomic mass is 10.2. The molecule has 4 heteroatoms. The molecule has 3 nitrogen and oxygen atoms in total. The molecule has 74 valence electrons. The van der Waals surface area contributed by atoms with Gasteiger partial charge in [-0.1, -0.05) is 0 Å². The number of nitriles is 1. The highest BCUT2D eigenvalue weighted by Gasteiger charge is 1.96. The predicted molar refractivity (Wildman–Crippen MR) is 56.8 cm³/mol. The van der Waals surface area contributed by atoms with Gasteiger partial charge in [0.2, 0.25) is 0 Å². The predicted octanol–water partition coefficient (Wildman–Crippen LogP) is 1.57. The molecule has 0 radical (unpaired) electrons. The third-order valence-corrected chi connectivity index (χ3v) is 2.77. The van der Waals surface area contributed by atoms with Crippen LogP contribution in [0.2, 0.25) is 0 Å². The Kier molecular flexibility index (Phi) is 5.05. The van der Waals surface area contributed by atoms with E-state index in [9.17, 15) is 0 Å². The van der Waals surface area contributed by atoms with Gasteiger partial charge in [-0.2, -0.15) is 17.0 Å². The number of rotatable bonds is 5. The van der Waals surface area contributed by atoms with E-state index in [0.717, 1.165) is 23.5 Å². The van der Waals surface area contributed by atoms with Crippen LogP contribution >= 0.6 is 11.8 Å².